The van der Waals surface area contributed by atoms with Gasteiger partial charge >= 0.3 is 0 Å². The van der Waals surface area contributed by atoms with E-state index in [4.69, 9.17) is 20.9 Å². The molecule has 1 aliphatic rings. The first kappa shape index (κ1) is 23.1. The van der Waals surface area contributed by atoms with Crippen LogP contribution in [-0.4, -0.2) is 62.6 Å². The van der Waals surface area contributed by atoms with Crippen molar-refractivity contribution < 1.29 is 0 Å². The van der Waals surface area contributed by atoms with Crippen molar-refractivity contribution in [3.05, 3.63) is 54.0 Å². The summed E-state index contributed by atoms with van der Waals surface area (Å²) in [5.41, 5.74) is 10.1. The lowest BCUT2D eigenvalue weighted by molar-refractivity contribution is 0.493. The van der Waals surface area contributed by atoms with Crippen LogP contribution in [0.5, 0.6) is 0 Å². The third-order valence-corrected chi connectivity index (χ3v) is 6.51. The number of anilines is 3. The van der Waals surface area contributed by atoms with Crippen LogP contribution in [0.25, 0.3) is 11.3 Å². The molecule has 35 heavy (non-hydrogen) atoms. The Morgan fingerprint density at radius 2 is 1.89 bits per heavy atom. The Labute approximate surface area is 205 Å². The Bertz CT molecular complexity index is 1300. The van der Waals surface area contributed by atoms with Gasteiger partial charge in [-0.2, -0.15) is 10.1 Å². The monoisotopic (exact) mass is 474 g/mol. The number of piperidine rings is 1. The average molecular weight is 475 g/mol. The van der Waals surface area contributed by atoms with E-state index in [1.165, 1.54) is 0 Å². The highest BCUT2D eigenvalue weighted by atomic mass is 15.4. The number of fused-ring (bicyclic) bond motifs is 1. The number of imidazole rings is 1. The van der Waals surface area contributed by atoms with Gasteiger partial charge < -0.3 is 20.9 Å². The SMILES string of the molecule is CC(C)c1cnc2c(NCc3ccccc3-n3ccc(N(C)C)n3)nc(N3CCC(N)CC3)nn12. The van der Waals surface area contributed by atoms with Crippen LogP contribution in [-0.2, 0) is 6.54 Å². The lowest BCUT2D eigenvalue weighted by Gasteiger charge is -2.30. The fourth-order valence-electron chi connectivity index (χ4n) is 4.38. The standard InChI is InChI=1S/C25H34N10/c1-17(2)21-16-28-24-23(29-25(31-35(21)24)33-12-9-19(26)10-13-33)27-15-18-7-5-6-8-20(18)34-14-11-22(30-34)32(3)4/h5-8,11,14,16-17,19H,9-10,12-13,15,26H2,1-4H3,(H,27,29,31). The summed E-state index contributed by atoms with van der Waals surface area (Å²) in [5.74, 6) is 2.64. The van der Waals surface area contributed by atoms with Crippen molar-refractivity contribution in [3.8, 4) is 5.69 Å². The zero-order valence-corrected chi connectivity index (χ0v) is 20.9. The molecule has 0 saturated carbocycles. The smallest absolute Gasteiger partial charge is 0.245 e. The number of rotatable bonds is 7. The second kappa shape index (κ2) is 9.53. The van der Waals surface area contributed by atoms with Crippen LogP contribution in [0.15, 0.2) is 42.7 Å². The van der Waals surface area contributed by atoms with Crippen molar-refractivity contribution in [2.45, 2.75) is 45.2 Å². The van der Waals surface area contributed by atoms with Gasteiger partial charge in [-0.05, 0) is 30.4 Å². The molecule has 1 aromatic carbocycles. The Morgan fingerprint density at radius 1 is 1.11 bits per heavy atom. The summed E-state index contributed by atoms with van der Waals surface area (Å²) < 4.78 is 3.85. The third-order valence-electron chi connectivity index (χ3n) is 6.51. The molecule has 0 atom stereocenters. The zero-order valence-electron chi connectivity index (χ0n) is 20.9. The number of hydrogen-bond acceptors (Lipinski definition) is 8. The van der Waals surface area contributed by atoms with E-state index in [-0.39, 0.29) is 6.04 Å². The van der Waals surface area contributed by atoms with Gasteiger partial charge in [0.1, 0.15) is 5.82 Å². The van der Waals surface area contributed by atoms with E-state index in [0.29, 0.717) is 18.4 Å². The number of nitrogens with two attached hydrogens (primary N) is 1. The highest BCUT2D eigenvalue weighted by Crippen LogP contribution is 2.25. The Kier molecular flexibility index (Phi) is 6.29. The maximum Gasteiger partial charge on any atom is 0.245 e. The van der Waals surface area contributed by atoms with Crippen molar-refractivity contribution in [1.29, 1.82) is 0 Å². The van der Waals surface area contributed by atoms with Crippen LogP contribution in [0.2, 0.25) is 0 Å². The van der Waals surface area contributed by atoms with Gasteiger partial charge in [0.05, 0.1) is 17.6 Å². The Balaban J connectivity index is 1.47. The van der Waals surface area contributed by atoms with E-state index < -0.39 is 0 Å². The van der Waals surface area contributed by atoms with Gasteiger partial charge in [-0.3, -0.25) is 0 Å². The topological polar surface area (TPSA) is 105 Å². The van der Waals surface area contributed by atoms with Gasteiger partial charge in [0.2, 0.25) is 5.95 Å². The summed E-state index contributed by atoms with van der Waals surface area (Å²) in [4.78, 5) is 13.8. The van der Waals surface area contributed by atoms with Crippen molar-refractivity contribution in [2.24, 2.45) is 5.73 Å². The molecule has 0 bridgehead atoms. The Morgan fingerprint density at radius 3 is 2.60 bits per heavy atom. The average Bonchev–Trinajstić information content (AvgIpc) is 3.51. The van der Waals surface area contributed by atoms with E-state index in [2.05, 4.69) is 41.2 Å². The van der Waals surface area contributed by atoms with Gasteiger partial charge in [-0.1, -0.05) is 32.0 Å². The van der Waals surface area contributed by atoms with E-state index in [0.717, 1.165) is 60.2 Å². The number of hydrogen-bond donors (Lipinski definition) is 2. The van der Waals surface area contributed by atoms with E-state index in [1.54, 1.807) is 0 Å². The molecule has 5 rings (SSSR count). The lowest BCUT2D eigenvalue weighted by Crippen LogP contribution is -2.40. The maximum absolute atomic E-state index is 6.13. The highest BCUT2D eigenvalue weighted by Gasteiger charge is 2.22. The van der Waals surface area contributed by atoms with Gasteiger partial charge in [0.15, 0.2) is 11.5 Å². The summed E-state index contributed by atoms with van der Waals surface area (Å²) >= 11 is 0. The Hall–Kier alpha value is -3.66. The molecule has 10 heteroatoms. The second-order valence-electron chi connectivity index (χ2n) is 9.65. The molecule has 1 saturated heterocycles. The number of aromatic nitrogens is 6. The fourth-order valence-corrected chi connectivity index (χ4v) is 4.38. The van der Waals surface area contributed by atoms with E-state index in [1.807, 2.05) is 58.8 Å². The number of para-hydroxylation sites is 1. The van der Waals surface area contributed by atoms with Crippen molar-refractivity contribution in [1.82, 2.24) is 29.4 Å². The predicted octanol–water partition coefficient (Wildman–Crippen LogP) is 3.04. The molecule has 4 heterocycles. The molecule has 3 aromatic heterocycles. The van der Waals surface area contributed by atoms with Crippen LogP contribution in [0, 0.1) is 0 Å². The highest BCUT2D eigenvalue weighted by molar-refractivity contribution is 5.65. The largest absolute Gasteiger partial charge is 0.363 e. The summed E-state index contributed by atoms with van der Waals surface area (Å²) in [6.45, 7) is 6.59. The zero-order chi connectivity index (χ0) is 24.5. The molecule has 1 fully saturated rings. The first-order valence-corrected chi connectivity index (χ1v) is 12.2. The molecule has 0 aliphatic carbocycles. The molecule has 1 aliphatic heterocycles. The quantitative estimate of drug-likeness (QED) is 0.421. The van der Waals surface area contributed by atoms with Crippen LogP contribution in [0.3, 0.4) is 0 Å². The summed E-state index contributed by atoms with van der Waals surface area (Å²) in [6.07, 6.45) is 5.77. The second-order valence-corrected chi connectivity index (χ2v) is 9.65. The van der Waals surface area contributed by atoms with Crippen LogP contribution >= 0.6 is 0 Å². The number of nitrogens with one attached hydrogen (secondary N) is 1. The van der Waals surface area contributed by atoms with Gasteiger partial charge in [-0.25, -0.2) is 14.2 Å². The molecule has 0 amide bonds. The molecular formula is C25H34N10. The van der Waals surface area contributed by atoms with Crippen molar-refractivity contribution in [3.63, 3.8) is 0 Å². The maximum atomic E-state index is 6.13. The summed E-state index contributed by atoms with van der Waals surface area (Å²) in [5, 5.41) is 13.1. The van der Waals surface area contributed by atoms with Crippen LogP contribution in [0.4, 0.5) is 17.6 Å². The fraction of sp³-hybridized carbons (Fsp3) is 0.440. The van der Waals surface area contributed by atoms with Crippen molar-refractivity contribution >= 4 is 23.2 Å². The summed E-state index contributed by atoms with van der Waals surface area (Å²) in [6, 6.07) is 10.5. The van der Waals surface area contributed by atoms with Crippen LogP contribution in [0.1, 0.15) is 43.9 Å². The molecule has 0 unspecified atom stereocenters. The molecule has 3 N–H and O–H groups in total. The normalized spacial score (nSPS) is 14.7. The first-order valence-electron chi connectivity index (χ1n) is 12.2. The molecule has 4 aromatic rings. The van der Waals surface area contributed by atoms with E-state index >= 15 is 0 Å². The van der Waals surface area contributed by atoms with E-state index in [9.17, 15) is 0 Å². The lowest BCUT2D eigenvalue weighted by atomic mass is 10.1. The van der Waals surface area contributed by atoms with Gasteiger partial charge in [0, 0.05) is 52.0 Å². The predicted molar refractivity (Wildman–Crippen MR) is 140 cm³/mol. The third kappa shape index (κ3) is 4.66. The minimum atomic E-state index is 0.249. The minimum absolute atomic E-state index is 0.249. The summed E-state index contributed by atoms with van der Waals surface area (Å²) in [7, 11) is 3.98. The number of nitrogens with zero attached hydrogens (tertiary/aromatic N) is 8. The van der Waals surface area contributed by atoms with Gasteiger partial charge in [0.25, 0.3) is 0 Å². The van der Waals surface area contributed by atoms with Crippen LogP contribution < -0.4 is 20.9 Å². The molecule has 184 valence electrons. The van der Waals surface area contributed by atoms with Crippen molar-refractivity contribution in [2.75, 3.05) is 42.3 Å². The van der Waals surface area contributed by atoms with Gasteiger partial charge in [-0.15, -0.1) is 5.10 Å². The minimum Gasteiger partial charge on any atom is -0.363 e. The molecule has 0 radical (unpaired) electrons. The molecular weight excluding hydrogens is 440 g/mol. The molecule has 10 nitrogen and oxygen atoms in total. The number of benzene rings is 1. The molecule has 0 spiro atoms. The first-order chi connectivity index (χ1) is 16.9.